The lowest BCUT2D eigenvalue weighted by atomic mass is 9.54. The Labute approximate surface area is 158 Å². The quantitative estimate of drug-likeness (QED) is 0.808. The smallest absolute Gasteiger partial charge is 0.241 e. The lowest BCUT2D eigenvalue weighted by Gasteiger charge is -2.58. The molecule has 4 nitrogen and oxygen atoms in total. The lowest BCUT2D eigenvalue weighted by Crippen LogP contribution is -2.76. The van der Waals surface area contributed by atoms with Gasteiger partial charge in [-0.3, -0.25) is 4.79 Å². The van der Waals surface area contributed by atoms with Gasteiger partial charge >= 0.3 is 0 Å². The molecule has 1 aromatic rings. The number of halogens is 1. The molecule has 2 rings (SSSR count). The van der Waals surface area contributed by atoms with Crippen LogP contribution >= 0.6 is 12.4 Å². The molecule has 1 aromatic carbocycles. The lowest BCUT2D eigenvalue weighted by molar-refractivity contribution is -0.171. The van der Waals surface area contributed by atoms with E-state index >= 15 is 0 Å². The van der Waals surface area contributed by atoms with Gasteiger partial charge in [-0.1, -0.05) is 58.0 Å². The normalized spacial score (nSPS) is 26.1. The second-order valence-electron chi connectivity index (χ2n) is 8.12. The number of hydrogen-bond donors (Lipinski definition) is 2. The minimum atomic E-state index is -0.881. The van der Waals surface area contributed by atoms with Crippen LogP contribution in [0.5, 0.6) is 0 Å². The van der Waals surface area contributed by atoms with Crippen LogP contribution in [0.1, 0.15) is 53.5 Å². The molecule has 1 fully saturated rings. The molecule has 0 heterocycles. The Morgan fingerprint density at radius 3 is 2.40 bits per heavy atom. The van der Waals surface area contributed by atoms with Crippen LogP contribution in [0.3, 0.4) is 0 Å². The van der Waals surface area contributed by atoms with Crippen LogP contribution in [-0.4, -0.2) is 30.2 Å². The zero-order valence-electron chi connectivity index (χ0n) is 16.3. The maximum Gasteiger partial charge on any atom is 0.241 e. The van der Waals surface area contributed by atoms with Gasteiger partial charge in [0, 0.05) is 29.9 Å². The van der Waals surface area contributed by atoms with Gasteiger partial charge in [0.15, 0.2) is 0 Å². The number of nitrogens with two attached hydrogens (primary N) is 1. The highest BCUT2D eigenvalue weighted by molar-refractivity contribution is 5.89. The summed E-state index contributed by atoms with van der Waals surface area (Å²) in [4.78, 5) is 12.9. The summed E-state index contributed by atoms with van der Waals surface area (Å²) < 4.78 is 5.72. The van der Waals surface area contributed by atoms with Crippen LogP contribution in [0.15, 0.2) is 30.3 Å². The molecule has 1 aliphatic rings. The van der Waals surface area contributed by atoms with Crippen molar-refractivity contribution in [3.8, 4) is 0 Å². The molecule has 1 saturated carbocycles. The van der Waals surface area contributed by atoms with Gasteiger partial charge in [0.1, 0.15) is 5.54 Å². The molecule has 25 heavy (non-hydrogen) atoms. The highest BCUT2D eigenvalue weighted by Gasteiger charge is 2.63. The molecular weight excluding hydrogens is 336 g/mol. The molecule has 0 aromatic heterocycles. The number of ether oxygens (including phenoxy) is 1. The number of nitrogens with one attached hydrogen (secondary N) is 1. The van der Waals surface area contributed by atoms with Crippen molar-refractivity contribution in [1.29, 1.82) is 0 Å². The third kappa shape index (κ3) is 3.71. The van der Waals surface area contributed by atoms with Crippen molar-refractivity contribution < 1.29 is 9.53 Å². The number of rotatable bonds is 6. The number of hydrogen-bond acceptors (Lipinski definition) is 3. The van der Waals surface area contributed by atoms with Crippen molar-refractivity contribution in [3.63, 3.8) is 0 Å². The standard InChI is InChI=1S/C20H32N2O2.ClH/c1-7-24-16-13-20(21,19(16,5)6)17(23)22-14(2)18(3,4)15-11-9-8-10-12-15;/h8-12,14,16H,7,13,21H2,1-6H3,(H,22,23);1H. The average molecular weight is 369 g/mol. The molecule has 0 aliphatic heterocycles. The predicted molar refractivity (Wildman–Crippen MR) is 105 cm³/mol. The van der Waals surface area contributed by atoms with E-state index in [1.54, 1.807) is 0 Å². The van der Waals surface area contributed by atoms with Crippen molar-refractivity contribution in [3.05, 3.63) is 35.9 Å². The van der Waals surface area contributed by atoms with E-state index in [2.05, 4.69) is 31.3 Å². The van der Waals surface area contributed by atoms with E-state index in [0.717, 1.165) is 0 Å². The number of carbonyl (C=O) groups is 1. The van der Waals surface area contributed by atoms with E-state index < -0.39 is 5.54 Å². The number of benzene rings is 1. The SMILES string of the molecule is CCOC1CC(N)(C(=O)NC(C)C(C)(C)c2ccccc2)C1(C)C.Cl. The molecule has 0 bridgehead atoms. The minimum Gasteiger partial charge on any atom is -0.378 e. The van der Waals surface area contributed by atoms with Gasteiger partial charge in [0.25, 0.3) is 0 Å². The summed E-state index contributed by atoms with van der Waals surface area (Å²) >= 11 is 0. The maximum absolute atomic E-state index is 12.9. The minimum absolute atomic E-state index is 0. The monoisotopic (exact) mass is 368 g/mol. The van der Waals surface area contributed by atoms with E-state index in [9.17, 15) is 4.79 Å². The highest BCUT2D eigenvalue weighted by atomic mass is 35.5. The molecule has 3 unspecified atom stereocenters. The second-order valence-corrected chi connectivity index (χ2v) is 8.12. The topological polar surface area (TPSA) is 64.3 Å². The third-order valence-corrected chi connectivity index (χ3v) is 6.18. The molecular formula is C20H33ClN2O2. The zero-order valence-corrected chi connectivity index (χ0v) is 17.1. The Hall–Kier alpha value is -1.10. The highest BCUT2D eigenvalue weighted by Crippen LogP contribution is 2.50. The van der Waals surface area contributed by atoms with Crippen molar-refractivity contribution in [2.75, 3.05) is 6.61 Å². The summed E-state index contributed by atoms with van der Waals surface area (Å²) in [5.41, 5.74) is 6.25. The molecule has 0 spiro atoms. The zero-order chi connectivity index (χ0) is 18.2. The van der Waals surface area contributed by atoms with E-state index in [-0.39, 0.29) is 41.3 Å². The largest absolute Gasteiger partial charge is 0.378 e. The van der Waals surface area contributed by atoms with Gasteiger partial charge in [0.05, 0.1) is 6.10 Å². The Balaban J connectivity index is 0.00000312. The van der Waals surface area contributed by atoms with Crippen LogP contribution in [0.4, 0.5) is 0 Å². The summed E-state index contributed by atoms with van der Waals surface area (Å²) in [6.07, 6.45) is 0.605. The first-order chi connectivity index (χ1) is 11.1. The summed E-state index contributed by atoms with van der Waals surface area (Å²) in [7, 11) is 0. The van der Waals surface area contributed by atoms with Gasteiger partial charge in [-0.05, 0) is 19.4 Å². The van der Waals surface area contributed by atoms with E-state index in [1.165, 1.54) is 5.56 Å². The molecule has 5 heteroatoms. The fraction of sp³-hybridized carbons (Fsp3) is 0.650. The Bertz CT molecular complexity index is 589. The first-order valence-corrected chi connectivity index (χ1v) is 8.84. The molecule has 142 valence electrons. The third-order valence-electron chi connectivity index (χ3n) is 6.18. The molecule has 1 amide bonds. The Morgan fingerprint density at radius 1 is 1.36 bits per heavy atom. The fourth-order valence-corrected chi connectivity index (χ4v) is 3.44. The van der Waals surface area contributed by atoms with Crippen molar-refractivity contribution >= 4 is 18.3 Å². The van der Waals surface area contributed by atoms with Crippen LogP contribution in [-0.2, 0) is 14.9 Å². The van der Waals surface area contributed by atoms with Gasteiger partial charge in [-0.25, -0.2) is 0 Å². The van der Waals surface area contributed by atoms with Crippen molar-refractivity contribution in [2.45, 2.75) is 71.1 Å². The average Bonchev–Trinajstić information content (AvgIpc) is 2.55. The Kier molecular flexibility index (Phi) is 6.71. The first kappa shape index (κ1) is 21.9. The predicted octanol–water partition coefficient (Wildman–Crippen LogP) is 3.42. The van der Waals surface area contributed by atoms with Crippen LogP contribution in [0.2, 0.25) is 0 Å². The maximum atomic E-state index is 12.9. The van der Waals surface area contributed by atoms with E-state index in [0.29, 0.717) is 13.0 Å². The Morgan fingerprint density at radius 2 is 1.92 bits per heavy atom. The molecule has 0 radical (unpaired) electrons. The molecule has 0 saturated heterocycles. The van der Waals surface area contributed by atoms with Crippen LogP contribution in [0, 0.1) is 5.41 Å². The van der Waals surface area contributed by atoms with Crippen LogP contribution in [0.25, 0.3) is 0 Å². The molecule has 1 aliphatic carbocycles. The van der Waals surface area contributed by atoms with E-state index in [4.69, 9.17) is 10.5 Å². The van der Waals surface area contributed by atoms with Gasteiger partial charge in [0.2, 0.25) is 5.91 Å². The summed E-state index contributed by atoms with van der Waals surface area (Å²) in [5.74, 6) is -0.0834. The summed E-state index contributed by atoms with van der Waals surface area (Å²) in [6.45, 7) is 13.0. The molecule has 3 N–H and O–H groups in total. The first-order valence-electron chi connectivity index (χ1n) is 8.84. The molecule has 3 atom stereocenters. The van der Waals surface area contributed by atoms with Crippen molar-refractivity contribution in [2.24, 2.45) is 11.1 Å². The number of carbonyl (C=O) groups excluding carboxylic acids is 1. The fourth-order valence-electron chi connectivity index (χ4n) is 3.44. The number of amides is 1. The van der Waals surface area contributed by atoms with Crippen LogP contribution < -0.4 is 11.1 Å². The summed E-state index contributed by atoms with van der Waals surface area (Å²) in [5, 5.41) is 3.16. The van der Waals surface area contributed by atoms with Gasteiger partial charge in [-0.2, -0.15) is 0 Å². The van der Waals surface area contributed by atoms with Crippen molar-refractivity contribution in [1.82, 2.24) is 5.32 Å². The second kappa shape index (κ2) is 7.65. The van der Waals surface area contributed by atoms with E-state index in [1.807, 2.05) is 45.9 Å². The van der Waals surface area contributed by atoms with Gasteiger partial charge in [-0.15, -0.1) is 12.4 Å². The summed E-state index contributed by atoms with van der Waals surface area (Å²) in [6, 6.07) is 10.2. The van der Waals surface area contributed by atoms with Gasteiger partial charge < -0.3 is 15.8 Å².